The molecule has 2 aliphatic rings. The average molecular weight is 311 g/mol. The highest BCUT2D eigenvalue weighted by atomic mass is 35.5. The van der Waals surface area contributed by atoms with Gasteiger partial charge in [0.25, 0.3) is 5.91 Å². The molecule has 2 atom stereocenters. The summed E-state index contributed by atoms with van der Waals surface area (Å²) in [6.45, 7) is 3.84. The summed E-state index contributed by atoms with van der Waals surface area (Å²) in [5, 5.41) is 3.58. The van der Waals surface area contributed by atoms with Gasteiger partial charge >= 0.3 is 0 Å². The number of nitrogens with zero attached hydrogens (tertiary/aromatic N) is 1. The largest absolute Gasteiger partial charge is 0.484 e. The number of fused-ring (bicyclic) bond motifs is 2. The number of aryl methyl sites for hydroxylation is 1. The number of hydrogen-bond donors (Lipinski definition) is 1. The van der Waals surface area contributed by atoms with Crippen LogP contribution in [0.15, 0.2) is 24.3 Å². The van der Waals surface area contributed by atoms with E-state index in [0.717, 1.165) is 30.8 Å². The molecule has 1 amide bonds. The number of amides is 1. The van der Waals surface area contributed by atoms with E-state index in [1.807, 2.05) is 36.1 Å². The molecule has 1 aromatic rings. The molecular weight excluding hydrogens is 288 g/mol. The standard InChI is InChI=1S/C16H22N2O2.ClH/c1-12-3-2-4-15(9-12)20-11-16(19)18-8-7-13-5-6-14(10-18)17-13;/h2-4,9,13-14,17H,5-8,10-11H2,1H3;1H. The minimum absolute atomic E-state index is 0. The van der Waals surface area contributed by atoms with Gasteiger partial charge < -0.3 is 15.0 Å². The third-order valence-corrected chi connectivity index (χ3v) is 4.23. The molecule has 0 aliphatic carbocycles. The molecule has 0 spiro atoms. The summed E-state index contributed by atoms with van der Waals surface area (Å²) in [6.07, 6.45) is 3.51. The van der Waals surface area contributed by atoms with E-state index < -0.39 is 0 Å². The van der Waals surface area contributed by atoms with Crippen molar-refractivity contribution in [3.63, 3.8) is 0 Å². The van der Waals surface area contributed by atoms with E-state index in [-0.39, 0.29) is 24.9 Å². The zero-order valence-corrected chi connectivity index (χ0v) is 13.2. The lowest BCUT2D eigenvalue weighted by Crippen LogP contribution is -2.41. The van der Waals surface area contributed by atoms with Gasteiger partial charge in [-0.2, -0.15) is 0 Å². The van der Waals surface area contributed by atoms with Gasteiger partial charge in [-0.25, -0.2) is 0 Å². The molecule has 2 heterocycles. The molecule has 5 heteroatoms. The molecule has 0 saturated carbocycles. The summed E-state index contributed by atoms with van der Waals surface area (Å²) < 4.78 is 5.61. The van der Waals surface area contributed by atoms with E-state index >= 15 is 0 Å². The predicted molar refractivity (Wildman–Crippen MR) is 85.1 cm³/mol. The number of ether oxygens (including phenoxy) is 1. The second kappa shape index (κ2) is 7.14. The normalized spacial score (nSPS) is 24.1. The predicted octanol–water partition coefficient (Wildman–Crippen LogP) is 2.15. The van der Waals surface area contributed by atoms with Crippen molar-refractivity contribution < 1.29 is 9.53 Å². The Morgan fingerprint density at radius 1 is 1.33 bits per heavy atom. The minimum Gasteiger partial charge on any atom is -0.484 e. The van der Waals surface area contributed by atoms with Crippen LogP contribution in [0, 0.1) is 6.92 Å². The van der Waals surface area contributed by atoms with Gasteiger partial charge in [0.15, 0.2) is 6.61 Å². The first-order valence-electron chi connectivity index (χ1n) is 7.44. The van der Waals surface area contributed by atoms with Gasteiger partial charge in [0.1, 0.15) is 5.75 Å². The lowest BCUT2D eigenvalue weighted by molar-refractivity contribution is -0.133. The Morgan fingerprint density at radius 2 is 2.14 bits per heavy atom. The molecular formula is C16H23ClN2O2. The third-order valence-electron chi connectivity index (χ3n) is 4.23. The first kappa shape index (κ1) is 16.1. The number of carbonyl (C=O) groups is 1. The molecule has 0 radical (unpaired) electrons. The van der Waals surface area contributed by atoms with Gasteiger partial charge in [-0.3, -0.25) is 4.79 Å². The summed E-state index contributed by atoms with van der Waals surface area (Å²) >= 11 is 0. The van der Waals surface area contributed by atoms with Crippen LogP contribution < -0.4 is 10.1 Å². The summed E-state index contributed by atoms with van der Waals surface area (Å²) in [6, 6.07) is 8.90. The van der Waals surface area contributed by atoms with Crippen molar-refractivity contribution in [1.82, 2.24) is 10.2 Å². The second-order valence-electron chi connectivity index (χ2n) is 5.87. The Kier molecular flexibility index (Phi) is 5.48. The van der Waals surface area contributed by atoms with Crippen LogP contribution in [0.4, 0.5) is 0 Å². The lowest BCUT2D eigenvalue weighted by Gasteiger charge is -2.24. The molecule has 3 rings (SSSR count). The summed E-state index contributed by atoms with van der Waals surface area (Å²) in [5.74, 6) is 0.869. The van der Waals surface area contributed by atoms with Gasteiger partial charge in [-0.05, 0) is 43.9 Å². The first-order valence-corrected chi connectivity index (χ1v) is 7.44. The molecule has 2 aliphatic heterocycles. The molecule has 2 saturated heterocycles. The second-order valence-corrected chi connectivity index (χ2v) is 5.87. The molecule has 4 nitrogen and oxygen atoms in total. The van der Waals surface area contributed by atoms with Crippen molar-refractivity contribution in [1.29, 1.82) is 0 Å². The third kappa shape index (κ3) is 4.11. The van der Waals surface area contributed by atoms with Crippen LogP contribution in [0.1, 0.15) is 24.8 Å². The number of halogens is 1. The van der Waals surface area contributed by atoms with Crippen LogP contribution in [0.5, 0.6) is 5.75 Å². The average Bonchev–Trinajstić information content (AvgIpc) is 2.76. The minimum atomic E-state index is 0. The van der Waals surface area contributed by atoms with Crippen LogP contribution in [0.25, 0.3) is 0 Å². The molecule has 21 heavy (non-hydrogen) atoms. The van der Waals surface area contributed by atoms with Crippen molar-refractivity contribution in [3.8, 4) is 5.75 Å². The molecule has 2 unspecified atom stereocenters. The Labute approximate surface area is 132 Å². The van der Waals surface area contributed by atoms with Crippen LogP contribution in [0.3, 0.4) is 0 Å². The quantitative estimate of drug-likeness (QED) is 0.930. The molecule has 2 bridgehead atoms. The Hall–Kier alpha value is -1.26. The number of likely N-dealkylation sites (tertiary alicyclic amines) is 1. The van der Waals surface area contributed by atoms with E-state index in [0.29, 0.717) is 12.1 Å². The van der Waals surface area contributed by atoms with Crippen LogP contribution >= 0.6 is 12.4 Å². The smallest absolute Gasteiger partial charge is 0.260 e. The van der Waals surface area contributed by atoms with Crippen molar-refractivity contribution in [2.45, 2.75) is 38.3 Å². The highest BCUT2D eigenvalue weighted by molar-refractivity contribution is 5.85. The van der Waals surface area contributed by atoms with E-state index in [1.165, 1.54) is 12.8 Å². The van der Waals surface area contributed by atoms with Gasteiger partial charge in [-0.1, -0.05) is 12.1 Å². The first-order chi connectivity index (χ1) is 9.70. The number of hydrogen-bond acceptors (Lipinski definition) is 3. The topological polar surface area (TPSA) is 41.6 Å². The lowest BCUT2D eigenvalue weighted by atomic mass is 10.1. The fourth-order valence-corrected chi connectivity index (χ4v) is 3.11. The molecule has 0 aromatic heterocycles. The summed E-state index contributed by atoms with van der Waals surface area (Å²) in [5.41, 5.74) is 1.14. The maximum absolute atomic E-state index is 12.3. The van der Waals surface area contributed by atoms with Crippen LogP contribution in [-0.2, 0) is 4.79 Å². The molecule has 2 fully saturated rings. The number of carbonyl (C=O) groups excluding carboxylic acids is 1. The molecule has 1 N–H and O–H groups in total. The van der Waals surface area contributed by atoms with Gasteiger partial charge in [0.05, 0.1) is 0 Å². The van der Waals surface area contributed by atoms with Crippen molar-refractivity contribution in [3.05, 3.63) is 29.8 Å². The Balaban J connectivity index is 0.00000161. The van der Waals surface area contributed by atoms with E-state index in [9.17, 15) is 4.79 Å². The van der Waals surface area contributed by atoms with E-state index in [2.05, 4.69) is 5.32 Å². The monoisotopic (exact) mass is 310 g/mol. The highest BCUT2D eigenvalue weighted by Crippen LogP contribution is 2.20. The van der Waals surface area contributed by atoms with Crippen LogP contribution in [0.2, 0.25) is 0 Å². The zero-order valence-electron chi connectivity index (χ0n) is 12.4. The fraction of sp³-hybridized carbons (Fsp3) is 0.562. The Morgan fingerprint density at radius 3 is 2.95 bits per heavy atom. The van der Waals surface area contributed by atoms with Crippen molar-refractivity contribution in [2.75, 3.05) is 19.7 Å². The van der Waals surface area contributed by atoms with Gasteiger partial charge in [0, 0.05) is 25.2 Å². The van der Waals surface area contributed by atoms with Crippen molar-refractivity contribution >= 4 is 18.3 Å². The fourth-order valence-electron chi connectivity index (χ4n) is 3.11. The van der Waals surface area contributed by atoms with E-state index in [1.54, 1.807) is 0 Å². The summed E-state index contributed by atoms with van der Waals surface area (Å²) in [4.78, 5) is 14.2. The number of benzene rings is 1. The number of nitrogens with one attached hydrogen (secondary N) is 1. The SMILES string of the molecule is Cc1cccc(OCC(=O)N2CCC3CCC(C2)N3)c1.Cl. The molecule has 116 valence electrons. The van der Waals surface area contributed by atoms with Gasteiger partial charge in [-0.15, -0.1) is 12.4 Å². The maximum Gasteiger partial charge on any atom is 0.260 e. The maximum atomic E-state index is 12.3. The zero-order chi connectivity index (χ0) is 13.9. The highest BCUT2D eigenvalue weighted by Gasteiger charge is 2.31. The number of rotatable bonds is 3. The Bertz CT molecular complexity index is 495. The summed E-state index contributed by atoms with van der Waals surface area (Å²) in [7, 11) is 0. The van der Waals surface area contributed by atoms with Gasteiger partial charge in [0.2, 0.25) is 0 Å². The molecule has 1 aromatic carbocycles. The van der Waals surface area contributed by atoms with E-state index in [4.69, 9.17) is 4.74 Å². The van der Waals surface area contributed by atoms with Crippen LogP contribution in [-0.4, -0.2) is 42.6 Å². The van der Waals surface area contributed by atoms with Crippen molar-refractivity contribution in [2.24, 2.45) is 0 Å².